The summed E-state index contributed by atoms with van der Waals surface area (Å²) >= 11 is 0. The molecule has 0 unspecified atom stereocenters. The number of fused-ring (bicyclic) bond motifs is 1. The Morgan fingerprint density at radius 3 is 1.95 bits per heavy atom. The lowest BCUT2D eigenvalue weighted by Gasteiger charge is -2.52. The van der Waals surface area contributed by atoms with Crippen LogP contribution in [-0.2, 0) is 15.1 Å². The summed E-state index contributed by atoms with van der Waals surface area (Å²) in [6.45, 7) is 0.344. The second-order valence-corrected chi connectivity index (χ2v) is 5.37. The second kappa shape index (κ2) is 4.42. The van der Waals surface area contributed by atoms with Gasteiger partial charge in [-0.2, -0.15) is 0 Å². The highest BCUT2D eigenvalue weighted by Crippen LogP contribution is 2.52. The summed E-state index contributed by atoms with van der Waals surface area (Å²) in [7, 11) is 0. The van der Waals surface area contributed by atoms with Gasteiger partial charge in [0.15, 0.2) is 0 Å². The number of aliphatic hydroxyl groups excluding tert-OH is 1. The summed E-state index contributed by atoms with van der Waals surface area (Å²) in [6, 6.07) is 20.2. The molecule has 2 aliphatic heterocycles. The fourth-order valence-corrected chi connectivity index (χ4v) is 3.29. The monoisotopic (exact) mass is 268 g/mol. The fourth-order valence-electron chi connectivity index (χ4n) is 3.29. The van der Waals surface area contributed by atoms with Crippen LogP contribution in [0.3, 0.4) is 0 Å². The van der Waals surface area contributed by atoms with Crippen LogP contribution in [0.5, 0.6) is 0 Å². The van der Waals surface area contributed by atoms with Crippen molar-refractivity contribution in [2.75, 3.05) is 6.61 Å². The van der Waals surface area contributed by atoms with Crippen LogP contribution >= 0.6 is 0 Å². The molecule has 20 heavy (non-hydrogen) atoms. The normalized spacial score (nSPS) is 30.6. The molecule has 2 heterocycles. The quantitative estimate of drug-likeness (QED) is 0.906. The van der Waals surface area contributed by atoms with Crippen LogP contribution in [0.1, 0.15) is 11.1 Å². The Kier molecular flexibility index (Phi) is 2.67. The van der Waals surface area contributed by atoms with E-state index < -0.39 is 11.7 Å². The maximum Gasteiger partial charge on any atom is 0.147 e. The zero-order valence-corrected chi connectivity index (χ0v) is 11.0. The summed E-state index contributed by atoms with van der Waals surface area (Å²) in [6.07, 6.45) is -0.877. The van der Waals surface area contributed by atoms with E-state index in [1.807, 2.05) is 36.4 Å². The van der Waals surface area contributed by atoms with E-state index in [4.69, 9.17) is 9.47 Å². The van der Waals surface area contributed by atoms with Crippen molar-refractivity contribution in [2.45, 2.75) is 23.9 Å². The Morgan fingerprint density at radius 2 is 1.45 bits per heavy atom. The van der Waals surface area contributed by atoms with Gasteiger partial charge in [0.1, 0.15) is 23.9 Å². The molecule has 0 amide bonds. The van der Waals surface area contributed by atoms with Gasteiger partial charge in [0, 0.05) is 0 Å². The average molecular weight is 268 g/mol. The molecule has 2 aliphatic rings. The Labute approximate surface area is 117 Å². The molecule has 4 rings (SSSR count). The maximum absolute atomic E-state index is 9.90. The largest absolute Gasteiger partial charge is 0.388 e. The number of hydrogen-bond donors (Lipinski definition) is 1. The molecule has 3 nitrogen and oxygen atoms in total. The van der Waals surface area contributed by atoms with E-state index in [0.29, 0.717) is 6.61 Å². The molecule has 0 aliphatic carbocycles. The second-order valence-electron chi connectivity index (χ2n) is 5.37. The number of aliphatic hydroxyl groups is 1. The molecule has 2 aromatic carbocycles. The molecule has 3 atom stereocenters. The zero-order chi connectivity index (χ0) is 13.6. The molecule has 3 heteroatoms. The summed E-state index contributed by atoms with van der Waals surface area (Å²) in [5.41, 5.74) is 1.55. The van der Waals surface area contributed by atoms with E-state index in [1.165, 1.54) is 0 Å². The van der Waals surface area contributed by atoms with E-state index >= 15 is 0 Å². The summed E-state index contributed by atoms with van der Waals surface area (Å²) < 4.78 is 12.0. The van der Waals surface area contributed by atoms with Gasteiger partial charge in [0.2, 0.25) is 0 Å². The molecule has 2 aromatic rings. The first kappa shape index (κ1) is 12.1. The van der Waals surface area contributed by atoms with Crippen molar-refractivity contribution in [2.24, 2.45) is 0 Å². The lowest BCUT2D eigenvalue weighted by molar-refractivity contribution is -0.266. The molecule has 0 bridgehead atoms. The Balaban J connectivity index is 1.84. The number of hydrogen-bond acceptors (Lipinski definition) is 3. The van der Waals surface area contributed by atoms with Crippen LogP contribution in [0, 0.1) is 0 Å². The van der Waals surface area contributed by atoms with Crippen LogP contribution in [-0.4, -0.2) is 30.0 Å². The van der Waals surface area contributed by atoms with Crippen molar-refractivity contribution in [3.8, 4) is 0 Å². The third-order valence-corrected chi connectivity index (χ3v) is 4.25. The number of benzene rings is 2. The Bertz CT molecular complexity index is 557. The van der Waals surface area contributed by atoms with Gasteiger partial charge < -0.3 is 14.6 Å². The Hall–Kier alpha value is -1.68. The van der Waals surface area contributed by atoms with Gasteiger partial charge in [0.05, 0.1) is 6.61 Å². The molecule has 1 N–H and O–H groups in total. The molecule has 0 aromatic heterocycles. The predicted molar refractivity (Wildman–Crippen MR) is 74.3 cm³/mol. The van der Waals surface area contributed by atoms with Gasteiger partial charge in [-0.1, -0.05) is 60.7 Å². The lowest BCUT2D eigenvalue weighted by Crippen LogP contribution is -2.63. The predicted octanol–water partition coefficient (Wildman–Crippen LogP) is 2.09. The van der Waals surface area contributed by atoms with E-state index in [2.05, 4.69) is 24.3 Å². The van der Waals surface area contributed by atoms with Gasteiger partial charge in [-0.25, -0.2) is 0 Å². The first-order chi connectivity index (χ1) is 9.82. The average Bonchev–Trinajstić information content (AvgIpc) is 2.78. The standard InChI is InChI=1S/C17H16O3/c18-14-11-19-16-15(14)20-17(16,12-7-3-1-4-8-12)13-9-5-2-6-10-13/h1-10,14-16,18H,11H2/t14-,15-,16+/m0/s1. The fraction of sp³-hybridized carbons (Fsp3) is 0.294. The molecule has 102 valence electrons. The molecule has 0 saturated carbocycles. The van der Waals surface area contributed by atoms with Crippen LogP contribution < -0.4 is 0 Å². The van der Waals surface area contributed by atoms with E-state index in [9.17, 15) is 5.11 Å². The lowest BCUT2D eigenvalue weighted by atomic mass is 9.74. The number of rotatable bonds is 2. The Morgan fingerprint density at radius 1 is 0.900 bits per heavy atom. The first-order valence-corrected chi connectivity index (χ1v) is 6.91. The molecular weight excluding hydrogens is 252 g/mol. The van der Waals surface area contributed by atoms with Crippen molar-refractivity contribution >= 4 is 0 Å². The molecule has 2 saturated heterocycles. The van der Waals surface area contributed by atoms with Crippen LogP contribution in [0.15, 0.2) is 60.7 Å². The third kappa shape index (κ3) is 1.51. The zero-order valence-electron chi connectivity index (χ0n) is 11.0. The first-order valence-electron chi connectivity index (χ1n) is 6.91. The highest BCUT2D eigenvalue weighted by atomic mass is 16.6. The van der Waals surface area contributed by atoms with Crippen LogP contribution in [0.25, 0.3) is 0 Å². The van der Waals surface area contributed by atoms with Crippen molar-refractivity contribution in [3.63, 3.8) is 0 Å². The minimum Gasteiger partial charge on any atom is -0.388 e. The molecular formula is C17H16O3. The van der Waals surface area contributed by atoms with E-state index in [0.717, 1.165) is 11.1 Å². The van der Waals surface area contributed by atoms with Gasteiger partial charge >= 0.3 is 0 Å². The van der Waals surface area contributed by atoms with Gasteiger partial charge in [-0.15, -0.1) is 0 Å². The van der Waals surface area contributed by atoms with Gasteiger partial charge in [-0.05, 0) is 11.1 Å². The summed E-state index contributed by atoms with van der Waals surface area (Å²) in [4.78, 5) is 0. The smallest absolute Gasteiger partial charge is 0.147 e. The molecule has 2 fully saturated rings. The minimum absolute atomic E-state index is 0.123. The third-order valence-electron chi connectivity index (χ3n) is 4.25. The minimum atomic E-state index is -0.593. The van der Waals surface area contributed by atoms with Crippen LogP contribution in [0.4, 0.5) is 0 Å². The summed E-state index contributed by atoms with van der Waals surface area (Å²) in [5.74, 6) is 0. The molecule has 0 radical (unpaired) electrons. The topological polar surface area (TPSA) is 38.7 Å². The van der Waals surface area contributed by atoms with Gasteiger partial charge in [0.25, 0.3) is 0 Å². The summed E-state index contributed by atoms with van der Waals surface area (Å²) in [5, 5.41) is 9.90. The van der Waals surface area contributed by atoms with Gasteiger partial charge in [-0.3, -0.25) is 0 Å². The van der Waals surface area contributed by atoms with Crippen LogP contribution in [0.2, 0.25) is 0 Å². The van der Waals surface area contributed by atoms with Crippen molar-refractivity contribution in [3.05, 3.63) is 71.8 Å². The van der Waals surface area contributed by atoms with Crippen molar-refractivity contribution < 1.29 is 14.6 Å². The van der Waals surface area contributed by atoms with E-state index in [1.54, 1.807) is 0 Å². The highest BCUT2D eigenvalue weighted by molar-refractivity contribution is 5.42. The highest BCUT2D eigenvalue weighted by Gasteiger charge is 2.63. The van der Waals surface area contributed by atoms with Crippen molar-refractivity contribution in [1.29, 1.82) is 0 Å². The molecule has 0 spiro atoms. The van der Waals surface area contributed by atoms with E-state index in [-0.39, 0.29) is 12.2 Å². The maximum atomic E-state index is 9.90. The van der Waals surface area contributed by atoms with Crippen molar-refractivity contribution in [1.82, 2.24) is 0 Å². The SMILES string of the molecule is O[C@H]1CO[C@@H]2[C@H]1OC2(c1ccccc1)c1ccccc1. The number of ether oxygens (including phenoxy) is 2.